The molecule has 1 amide bonds. The summed E-state index contributed by atoms with van der Waals surface area (Å²) in [5.41, 5.74) is 1.70. The second-order valence-corrected chi connectivity index (χ2v) is 5.45. The second kappa shape index (κ2) is 6.59. The SMILES string of the molecule is Cn1cc(-c2noc(CNC(=O)c3cnn(-c4ccccc4)n3)n2)cn1. The highest BCUT2D eigenvalue weighted by atomic mass is 16.5. The summed E-state index contributed by atoms with van der Waals surface area (Å²) in [5.74, 6) is 0.318. The van der Waals surface area contributed by atoms with E-state index in [2.05, 4.69) is 30.8 Å². The van der Waals surface area contributed by atoms with E-state index in [9.17, 15) is 4.79 Å². The number of hydrogen-bond donors (Lipinski definition) is 1. The summed E-state index contributed by atoms with van der Waals surface area (Å²) in [6.45, 7) is 0.0876. The molecule has 1 N–H and O–H groups in total. The van der Waals surface area contributed by atoms with Gasteiger partial charge in [-0.2, -0.15) is 20.0 Å². The summed E-state index contributed by atoms with van der Waals surface area (Å²) in [5, 5.41) is 18.9. The Morgan fingerprint density at radius 2 is 2.04 bits per heavy atom. The summed E-state index contributed by atoms with van der Waals surface area (Å²) in [7, 11) is 1.80. The molecule has 0 spiro atoms. The van der Waals surface area contributed by atoms with Crippen molar-refractivity contribution in [3.05, 3.63) is 60.5 Å². The molecule has 0 atom stereocenters. The highest BCUT2D eigenvalue weighted by Gasteiger charge is 2.14. The number of amides is 1. The van der Waals surface area contributed by atoms with E-state index in [-0.39, 0.29) is 24.0 Å². The lowest BCUT2D eigenvalue weighted by atomic mass is 10.3. The molecule has 0 bridgehead atoms. The fourth-order valence-electron chi connectivity index (χ4n) is 2.28. The molecule has 26 heavy (non-hydrogen) atoms. The first-order valence-corrected chi connectivity index (χ1v) is 7.76. The van der Waals surface area contributed by atoms with Crippen LogP contribution in [0.2, 0.25) is 0 Å². The van der Waals surface area contributed by atoms with Gasteiger partial charge in [-0.25, -0.2) is 0 Å². The van der Waals surface area contributed by atoms with E-state index in [0.717, 1.165) is 11.3 Å². The Morgan fingerprint density at radius 3 is 2.81 bits per heavy atom. The maximum absolute atomic E-state index is 12.2. The fourth-order valence-corrected chi connectivity index (χ4v) is 2.28. The molecule has 0 fully saturated rings. The Balaban J connectivity index is 1.40. The first-order chi connectivity index (χ1) is 12.7. The lowest BCUT2D eigenvalue weighted by molar-refractivity contribution is 0.0941. The van der Waals surface area contributed by atoms with Gasteiger partial charge < -0.3 is 9.84 Å². The van der Waals surface area contributed by atoms with Gasteiger partial charge in [0.05, 0.1) is 30.2 Å². The molecule has 0 saturated heterocycles. The van der Waals surface area contributed by atoms with E-state index < -0.39 is 0 Å². The Hall–Kier alpha value is -3.82. The number of aryl methyl sites for hydroxylation is 1. The normalized spacial score (nSPS) is 10.8. The molecule has 10 heteroatoms. The second-order valence-electron chi connectivity index (χ2n) is 5.45. The number of carbonyl (C=O) groups excluding carboxylic acids is 1. The summed E-state index contributed by atoms with van der Waals surface area (Å²) in [6.07, 6.45) is 4.81. The predicted molar refractivity (Wildman–Crippen MR) is 89.0 cm³/mol. The molecule has 0 aliphatic rings. The summed E-state index contributed by atoms with van der Waals surface area (Å²) >= 11 is 0. The third kappa shape index (κ3) is 3.20. The van der Waals surface area contributed by atoms with Crippen LogP contribution in [0.25, 0.3) is 17.1 Å². The first-order valence-electron chi connectivity index (χ1n) is 7.76. The van der Waals surface area contributed by atoms with Crippen molar-refractivity contribution in [2.45, 2.75) is 6.54 Å². The van der Waals surface area contributed by atoms with Gasteiger partial charge in [-0.05, 0) is 12.1 Å². The van der Waals surface area contributed by atoms with Crippen LogP contribution in [0, 0.1) is 0 Å². The molecule has 0 aliphatic carbocycles. The van der Waals surface area contributed by atoms with E-state index in [0.29, 0.717) is 5.82 Å². The van der Waals surface area contributed by atoms with Crippen molar-refractivity contribution < 1.29 is 9.32 Å². The van der Waals surface area contributed by atoms with E-state index in [1.165, 1.54) is 11.0 Å². The van der Waals surface area contributed by atoms with E-state index in [4.69, 9.17) is 4.52 Å². The van der Waals surface area contributed by atoms with Gasteiger partial charge in [-0.1, -0.05) is 23.4 Å². The van der Waals surface area contributed by atoms with E-state index in [1.54, 1.807) is 24.1 Å². The fraction of sp³-hybridized carbons (Fsp3) is 0.125. The van der Waals surface area contributed by atoms with Crippen LogP contribution >= 0.6 is 0 Å². The summed E-state index contributed by atoms with van der Waals surface area (Å²) < 4.78 is 6.78. The number of rotatable bonds is 5. The van der Waals surface area contributed by atoms with Gasteiger partial charge in [0.25, 0.3) is 5.91 Å². The average molecular weight is 350 g/mol. The zero-order valence-corrected chi connectivity index (χ0v) is 13.8. The summed E-state index contributed by atoms with van der Waals surface area (Å²) in [4.78, 5) is 17.8. The minimum Gasteiger partial charge on any atom is -0.342 e. The van der Waals surface area contributed by atoms with Crippen LogP contribution in [0.15, 0.2) is 53.4 Å². The highest BCUT2D eigenvalue weighted by Crippen LogP contribution is 2.14. The molecule has 0 radical (unpaired) electrons. The molecule has 1 aromatic carbocycles. The van der Waals surface area contributed by atoms with Gasteiger partial charge in [-0.3, -0.25) is 9.48 Å². The van der Waals surface area contributed by atoms with Crippen LogP contribution in [0.5, 0.6) is 0 Å². The number of hydrogen-bond acceptors (Lipinski definition) is 7. The van der Waals surface area contributed by atoms with Crippen LogP contribution in [0.4, 0.5) is 0 Å². The third-order valence-corrected chi connectivity index (χ3v) is 3.54. The molecular formula is C16H14N8O2. The molecule has 0 unspecified atom stereocenters. The number of para-hydroxylation sites is 1. The minimum absolute atomic E-state index is 0.0876. The Bertz CT molecular complexity index is 1030. The van der Waals surface area contributed by atoms with Gasteiger partial charge in [0, 0.05) is 13.2 Å². The molecule has 0 aliphatic heterocycles. The Labute approximate surface area is 147 Å². The Morgan fingerprint density at radius 1 is 1.19 bits per heavy atom. The lowest BCUT2D eigenvalue weighted by Gasteiger charge is -1.99. The number of benzene rings is 1. The quantitative estimate of drug-likeness (QED) is 0.570. The number of carbonyl (C=O) groups is 1. The van der Waals surface area contributed by atoms with Crippen molar-refractivity contribution in [3.63, 3.8) is 0 Å². The lowest BCUT2D eigenvalue weighted by Crippen LogP contribution is -2.23. The van der Waals surface area contributed by atoms with Crippen LogP contribution in [-0.4, -0.2) is 40.8 Å². The van der Waals surface area contributed by atoms with Crippen LogP contribution in [-0.2, 0) is 13.6 Å². The third-order valence-electron chi connectivity index (χ3n) is 3.54. The minimum atomic E-state index is -0.381. The standard InChI is InChI=1S/C16H14N8O2/c1-23-10-11(7-18-23)15-20-14(26-22-15)9-17-16(25)13-8-19-24(21-13)12-5-3-2-4-6-12/h2-8,10H,9H2,1H3,(H,17,25). The number of nitrogens with one attached hydrogen (secondary N) is 1. The zero-order chi connectivity index (χ0) is 17.9. The van der Waals surface area contributed by atoms with Crippen molar-refractivity contribution in [3.8, 4) is 17.1 Å². The van der Waals surface area contributed by atoms with Crippen LogP contribution < -0.4 is 5.32 Å². The smallest absolute Gasteiger partial charge is 0.273 e. The van der Waals surface area contributed by atoms with Gasteiger partial charge in [0.1, 0.15) is 0 Å². The molecule has 130 valence electrons. The van der Waals surface area contributed by atoms with E-state index >= 15 is 0 Å². The van der Waals surface area contributed by atoms with Crippen molar-refractivity contribution >= 4 is 5.91 Å². The van der Waals surface area contributed by atoms with Crippen LogP contribution in [0.3, 0.4) is 0 Å². The van der Waals surface area contributed by atoms with E-state index in [1.807, 2.05) is 30.3 Å². The average Bonchev–Trinajstić information content (AvgIpc) is 3.40. The molecule has 0 saturated carbocycles. The van der Waals surface area contributed by atoms with Gasteiger partial charge >= 0.3 is 0 Å². The molecular weight excluding hydrogens is 336 g/mol. The molecule has 3 aromatic heterocycles. The van der Waals surface area contributed by atoms with Gasteiger partial charge in [0.2, 0.25) is 11.7 Å². The highest BCUT2D eigenvalue weighted by molar-refractivity contribution is 5.91. The first kappa shape index (κ1) is 15.7. The van der Waals surface area contributed by atoms with Crippen molar-refractivity contribution in [2.24, 2.45) is 7.05 Å². The molecule has 4 aromatic rings. The molecule has 10 nitrogen and oxygen atoms in total. The number of nitrogens with zero attached hydrogens (tertiary/aromatic N) is 7. The van der Waals surface area contributed by atoms with Gasteiger partial charge in [0.15, 0.2) is 5.69 Å². The topological polar surface area (TPSA) is 117 Å². The Kier molecular flexibility index (Phi) is 3.98. The zero-order valence-electron chi connectivity index (χ0n) is 13.8. The maximum Gasteiger partial charge on any atom is 0.273 e. The van der Waals surface area contributed by atoms with Crippen molar-refractivity contribution in [1.29, 1.82) is 0 Å². The molecule has 3 heterocycles. The largest absolute Gasteiger partial charge is 0.342 e. The van der Waals surface area contributed by atoms with Crippen molar-refractivity contribution in [1.82, 2.24) is 40.2 Å². The van der Waals surface area contributed by atoms with Crippen LogP contribution in [0.1, 0.15) is 16.4 Å². The monoisotopic (exact) mass is 350 g/mol. The predicted octanol–water partition coefficient (Wildman–Crippen LogP) is 0.981. The molecule has 4 rings (SSSR count). The number of aromatic nitrogens is 7. The summed E-state index contributed by atoms with van der Waals surface area (Å²) in [6, 6.07) is 9.33. The van der Waals surface area contributed by atoms with Gasteiger partial charge in [-0.15, -0.1) is 5.10 Å². The van der Waals surface area contributed by atoms with Crippen molar-refractivity contribution in [2.75, 3.05) is 0 Å². The maximum atomic E-state index is 12.2.